The standard InChI is InChI=1S/C19H26N4O7/c1-11(17(27)23-14(19(29)30)7-8-16(25)26)22-15(24)10-21-18(28)13(20)9-12-5-3-2-4-6-12/h2-6,11,13-14H,7-10,20H2,1H3,(H,21,28)(H,22,24)(H,23,27)(H,25,26)(H,29,30). The summed E-state index contributed by atoms with van der Waals surface area (Å²) in [6.07, 6.45) is -0.445. The first kappa shape index (κ1) is 24.6. The molecular weight excluding hydrogens is 396 g/mol. The largest absolute Gasteiger partial charge is 0.481 e. The van der Waals surface area contributed by atoms with Gasteiger partial charge in [0.25, 0.3) is 0 Å². The number of carbonyl (C=O) groups excluding carboxylic acids is 3. The van der Waals surface area contributed by atoms with Crippen molar-refractivity contribution in [2.24, 2.45) is 5.73 Å². The minimum Gasteiger partial charge on any atom is -0.481 e. The van der Waals surface area contributed by atoms with Crippen molar-refractivity contribution in [3.05, 3.63) is 35.9 Å². The van der Waals surface area contributed by atoms with Crippen LogP contribution < -0.4 is 21.7 Å². The molecule has 0 aromatic heterocycles. The first-order valence-electron chi connectivity index (χ1n) is 9.21. The Morgan fingerprint density at radius 1 is 1.00 bits per heavy atom. The predicted molar refractivity (Wildman–Crippen MR) is 105 cm³/mol. The minimum atomic E-state index is -1.40. The first-order chi connectivity index (χ1) is 14.1. The fourth-order valence-electron chi connectivity index (χ4n) is 2.44. The number of amides is 3. The van der Waals surface area contributed by atoms with E-state index in [9.17, 15) is 24.0 Å². The van der Waals surface area contributed by atoms with Crippen LogP contribution in [0, 0.1) is 0 Å². The van der Waals surface area contributed by atoms with Crippen LogP contribution in [-0.2, 0) is 30.4 Å². The topological polar surface area (TPSA) is 188 Å². The van der Waals surface area contributed by atoms with Gasteiger partial charge in [0.2, 0.25) is 17.7 Å². The molecule has 0 heterocycles. The molecule has 11 nitrogen and oxygen atoms in total. The molecule has 0 aliphatic rings. The lowest BCUT2D eigenvalue weighted by molar-refractivity contribution is -0.143. The number of nitrogens with one attached hydrogen (secondary N) is 3. The van der Waals surface area contributed by atoms with Crippen molar-refractivity contribution in [1.82, 2.24) is 16.0 Å². The molecule has 0 aliphatic carbocycles. The van der Waals surface area contributed by atoms with Crippen molar-refractivity contribution in [2.45, 2.75) is 44.3 Å². The van der Waals surface area contributed by atoms with Crippen LogP contribution in [0.4, 0.5) is 0 Å². The number of hydrogen-bond acceptors (Lipinski definition) is 6. The van der Waals surface area contributed by atoms with E-state index in [2.05, 4.69) is 16.0 Å². The van der Waals surface area contributed by atoms with E-state index >= 15 is 0 Å². The van der Waals surface area contributed by atoms with Gasteiger partial charge in [-0.3, -0.25) is 19.2 Å². The van der Waals surface area contributed by atoms with E-state index in [1.165, 1.54) is 6.92 Å². The minimum absolute atomic E-state index is 0.292. The quantitative estimate of drug-likeness (QED) is 0.237. The van der Waals surface area contributed by atoms with Gasteiger partial charge in [0.15, 0.2) is 0 Å². The third kappa shape index (κ3) is 9.15. The number of benzene rings is 1. The van der Waals surface area contributed by atoms with Crippen LogP contribution in [0.5, 0.6) is 0 Å². The lowest BCUT2D eigenvalue weighted by atomic mass is 10.1. The Bertz CT molecular complexity index is 769. The number of hydrogen-bond donors (Lipinski definition) is 6. The van der Waals surface area contributed by atoms with Crippen LogP contribution in [-0.4, -0.2) is 64.5 Å². The summed E-state index contributed by atoms with van der Waals surface area (Å²) in [7, 11) is 0. The van der Waals surface area contributed by atoms with Gasteiger partial charge in [0.1, 0.15) is 12.1 Å². The zero-order valence-electron chi connectivity index (χ0n) is 16.5. The van der Waals surface area contributed by atoms with Crippen LogP contribution >= 0.6 is 0 Å². The van der Waals surface area contributed by atoms with Gasteiger partial charge in [-0.15, -0.1) is 0 Å². The second-order valence-corrected chi connectivity index (χ2v) is 6.64. The highest BCUT2D eigenvalue weighted by atomic mass is 16.4. The molecule has 30 heavy (non-hydrogen) atoms. The van der Waals surface area contributed by atoms with Crippen LogP contribution in [0.25, 0.3) is 0 Å². The zero-order chi connectivity index (χ0) is 22.7. The highest BCUT2D eigenvalue weighted by Gasteiger charge is 2.24. The average Bonchev–Trinajstić information content (AvgIpc) is 2.69. The Morgan fingerprint density at radius 3 is 2.20 bits per heavy atom. The predicted octanol–water partition coefficient (Wildman–Crippen LogP) is -1.39. The number of nitrogens with two attached hydrogens (primary N) is 1. The molecule has 0 saturated carbocycles. The maximum Gasteiger partial charge on any atom is 0.326 e. The van der Waals surface area contributed by atoms with Crippen LogP contribution in [0.1, 0.15) is 25.3 Å². The number of carboxylic acids is 2. The van der Waals surface area contributed by atoms with E-state index in [0.717, 1.165) is 5.56 Å². The van der Waals surface area contributed by atoms with Crippen molar-refractivity contribution in [3.8, 4) is 0 Å². The lowest BCUT2D eigenvalue weighted by Crippen LogP contribution is -2.52. The molecule has 0 spiro atoms. The van der Waals surface area contributed by atoms with Crippen molar-refractivity contribution in [1.29, 1.82) is 0 Å². The van der Waals surface area contributed by atoms with Crippen molar-refractivity contribution < 1.29 is 34.2 Å². The number of carboxylic acid groups (broad SMARTS) is 2. The molecular formula is C19H26N4O7. The molecule has 0 saturated heterocycles. The summed E-state index contributed by atoms with van der Waals surface area (Å²) in [5, 5.41) is 24.5. The van der Waals surface area contributed by atoms with E-state index in [1.807, 2.05) is 30.3 Å². The maximum absolute atomic E-state index is 12.0. The molecule has 3 unspecified atom stereocenters. The molecule has 164 valence electrons. The van der Waals surface area contributed by atoms with Gasteiger partial charge in [-0.25, -0.2) is 4.79 Å². The highest BCUT2D eigenvalue weighted by Crippen LogP contribution is 2.02. The summed E-state index contributed by atoms with van der Waals surface area (Å²) in [6, 6.07) is 5.75. The summed E-state index contributed by atoms with van der Waals surface area (Å²) in [4.78, 5) is 57.7. The first-order valence-corrected chi connectivity index (χ1v) is 9.21. The fourth-order valence-corrected chi connectivity index (χ4v) is 2.44. The van der Waals surface area contributed by atoms with Crippen LogP contribution in [0.3, 0.4) is 0 Å². The summed E-state index contributed by atoms with van der Waals surface area (Å²) < 4.78 is 0. The number of aliphatic carboxylic acids is 2. The van der Waals surface area contributed by atoms with Crippen LogP contribution in [0.2, 0.25) is 0 Å². The van der Waals surface area contributed by atoms with E-state index in [4.69, 9.17) is 15.9 Å². The van der Waals surface area contributed by atoms with Crippen molar-refractivity contribution >= 4 is 29.7 Å². The molecule has 0 aliphatic heterocycles. The van der Waals surface area contributed by atoms with Gasteiger partial charge in [-0.2, -0.15) is 0 Å². The Balaban J connectivity index is 2.43. The average molecular weight is 422 g/mol. The zero-order valence-corrected chi connectivity index (χ0v) is 16.5. The molecule has 11 heteroatoms. The number of carbonyl (C=O) groups is 5. The Kier molecular flexibility index (Phi) is 9.97. The van der Waals surface area contributed by atoms with E-state index in [1.54, 1.807) is 0 Å². The highest BCUT2D eigenvalue weighted by molar-refractivity contribution is 5.92. The molecule has 1 aromatic rings. The molecule has 7 N–H and O–H groups in total. The molecule has 1 aromatic carbocycles. The maximum atomic E-state index is 12.0. The SMILES string of the molecule is CC(NC(=O)CNC(=O)C(N)Cc1ccccc1)C(=O)NC(CCC(=O)O)C(=O)O. The van der Waals surface area contributed by atoms with Crippen molar-refractivity contribution in [3.63, 3.8) is 0 Å². The molecule has 0 bridgehead atoms. The summed E-state index contributed by atoms with van der Waals surface area (Å²) in [6.45, 7) is 0.909. The van der Waals surface area contributed by atoms with E-state index in [0.29, 0.717) is 6.42 Å². The lowest BCUT2D eigenvalue weighted by Gasteiger charge is -2.18. The molecule has 3 amide bonds. The van der Waals surface area contributed by atoms with E-state index < -0.39 is 60.8 Å². The number of rotatable bonds is 12. The van der Waals surface area contributed by atoms with Gasteiger partial charge in [-0.1, -0.05) is 30.3 Å². The monoisotopic (exact) mass is 422 g/mol. The summed E-state index contributed by atoms with van der Waals surface area (Å²) in [5.74, 6) is -4.59. The summed E-state index contributed by atoms with van der Waals surface area (Å²) >= 11 is 0. The van der Waals surface area contributed by atoms with Gasteiger partial charge < -0.3 is 31.9 Å². The molecule has 0 radical (unpaired) electrons. The molecule has 1 rings (SSSR count). The van der Waals surface area contributed by atoms with Gasteiger partial charge >= 0.3 is 11.9 Å². The van der Waals surface area contributed by atoms with Gasteiger partial charge in [0, 0.05) is 6.42 Å². The van der Waals surface area contributed by atoms with Crippen molar-refractivity contribution in [2.75, 3.05) is 6.54 Å². The van der Waals surface area contributed by atoms with Crippen LogP contribution in [0.15, 0.2) is 30.3 Å². The van der Waals surface area contributed by atoms with Gasteiger partial charge in [-0.05, 0) is 25.3 Å². The normalized spacial score (nSPS) is 13.4. The fraction of sp³-hybridized carbons (Fsp3) is 0.421. The second kappa shape index (κ2) is 12.2. The smallest absolute Gasteiger partial charge is 0.326 e. The van der Waals surface area contributed by atoms with E-state index in [-0.39, 0.29) is 6.42 Å². The third-order valence-corrected chi connectivity index (χ3v) is 4.09. The Labute approximate surface area is 173 Å². The molecule has 0 fully saturated rings. The Morgan fingerprint density at radius 2 is 1.63 bits per heavy atom. The summed E-state index contributed by atoms with van der Waals surface area (Å²) in [5.41, 5.74) is 6.68. The molecule has 3 atom stereocenters. The Hall–Kier alpha value is -3.47. The van der Waals surface area contributed by atoms with Gasteiger partial charge in [0.05, 0.1) is 12.6 Å². The second-order valence-electron chi connectivity index (χ2n) is 6.64. The third-order valence-electron chi connectivity index (χ3n) is 4.09.